The molecular formula is C20H23NO4. The average Bonchev–Trinajstić information content (AvgIpc) is 2.67. The second kappa shape index (κ2) is 7.05. The molecule has 5 nitrogen and oxygen atoms in total. The number of fused-ring (bicyclic) bond motifs is 1. The average molecular weight is 341 g/mol. The van der Waals surface area contributed by atoms with Crippen molar-refractivity contribution >= 4 is 5.91 Å². The fourth-order valence-electron chi connectivity index (χ4n) is 3.32. The Morgan fingerprint density at radius 1 is 1.00 bits per heavy atom. The molecule has 1 atom stereocenters. The highest BCUT2D eigenvalue weighted by Crippen LogP contribution is 2.38. The summed E-state index contributed by atoms with van der Waals surface area (Å²) in [5.74, 6) is 2.18. The van der Waals surface area contributed by atoms with E-state index in [1.54, 1.807) is 33.5 Å². The number of benzene rings is 2. The van der Waals surface area contributed by atoms with E-state index >= 15 is 0 Å². The predicted octanol–water partition coefficient (Wildman–Crippen LogP) is 3.47. The summed E-state index contributed by atoms with van der Waals surface area (Å²) in [6.45, 7) is 2.72. The molecule has 1 amide bonds. The number of methoxy groups -OCH3 is 3. The molecule has 1 heterocycles. The first-order valence-electron chi connectivity index (χ1n) is 8.28. The van der Waals surface area contributed by atoms with Crippen LogP contribution in [0.3, 0.4) is 0 Å². The third kappa shape index (κ3) is 3.14. The van der Waals surface area contributed by atoms with Crippen LogP contribution in [0, 0.1) is 0 Å². The highest BCUT2D eigenvalue weighted by atomic mass is 16.5. The molecule has 0 unspecified atom stereocenters. The van der Waals surface area contributed by atoms with Crippen LogP contribution in [-0.2, 0) is 6.42 Å². The van der Waals surface area contributed by atoms with Crippen LogP contribution in [0.25, 0.3) is 0 Å². The highest BCUT2D eigenvalue weighted by Gasteiger charge is 2.29. The Bertz CT molecular complexity index is 770. The van der Waals surface area contributed by atoms with E-state index in [0.717, 1.165) is 23.5 Å². The molecule has 2 aromatic rings. The first-order valence-corrected chi connectivity index (χ1v) is 8.28. The summed E-state index contributed by atoms with van der Waals surface area (Å²) in [6.07, 6.45) is 0.794. The lowest BCUT2D eigenvalue weighted by Gasteiger charge is -2.36. The largest absolute Gasteiger partial charge is 0.497 e. The molecule has 132 valence electrons. The predicted molar refractivity (Wildman–Crippen MR) is 95.7 cm³/mol. The van der Waals surface area contributed by atoms with Crippen molar-refractivity contribution in [1.29, 1.82) is 0 Å². The van der Waals surface area contributed by atoms with E-state index in [2.05, 4.69) is 0 Å². The van der Waals surface area contributed by atoms with Gasteiger partial charge in [0, 0.05) is 12.1 Å². The molecule has 0 aliphatic carbocycles. The monoisotopic (exact) mass is 341 g/mol. The Labute approximate surface area is 148 Å². The molecule has 0 bridgehead atoms. The van der Waals surface area contributed by atoms with Crippen LogP contribution in [0.2, 0.25) is 0 Å². The van der Waals surface area contributed by atoms with E-state index < -0.39 is 0 Å². The lowest BCUT2D eigenvalue weighted by atomic mass is 9.92. The minimum Gasteiger partial charge on any atom is -0.497 e. The third-order valence-electron chi connectivity index (χ3n) is 4.78. The maximum absolute atomic E-state index is 12.9. The van der Waals surface area contributed by atoms with Crippen LogP contribution in [0.4, 0.5) is 0 Å². The van der Waals surface area contributed by atoms with E-state index in [9.17, 15) is 4.79 Å². The number of hydrogen-bond acceptors (Lipinski definition) is 4. The van der Waals surface area contributed by atoms with Crippen molar-refractivity contribution in [2.24, 2.45) is 0 Å². The number of carbonyl (C=O) groups is 1. The fourth-order valence-corrected chi connectivity index (χ4v) is 3.32. The van der Waals surface area contributed by atoms with Gasteiger partial charge in [-0.15, -0.1) is 0 Å². The van der Waals surface area contributed by atoms with Gasteiger partial charge in [-0.3, -0.25) is 4.79 Å². The molecule has 0 saturated heterocycles. The summed E-state index contributed by atoms with van der Waals surface area (Å²) in [6, 6.07) is 11.2. The molecule has 3 rings (SSSR count). The maximum atomic E-state index is 12.9. The second-order valence-electron chi connectivity index (χ2n) is 6.06. The van der Waals surface area contributed by atoms with Gasteiger partial charge in [-0.25, -0.2) is 0 Å². The highest BCUT2D eigenvalue weighted by molar-refractivity contribution is 5.94. The van der Waals surface area contributed by atoms with Crippen LogP contribution < -0.4 is 14.2 Å². The minimum absolute atomic E-state index is 0.0237. The molecule has 0 saturated carbocycles. The van der Waals surface area contributed by atoms with Crippen molar-refractivity contribution in [3.8, 4) is 17.2 Å². The van der Waals surface area contributed by atoms with E-state index in [1.807, 2.05) is 36.1 Å². The molecule has 0 N–H and O–H groups in total. The lowest BCUT2D eigenvalue weighted by molar-refractivity contribution is 0.0677. The Hall–Kier alpha value is -2.69. The summed E-state index contributed by atoms with van der Waals surface area (Å²) >= 11 is 0. The number of carbonyl (C=O) groups excluding carboxylic acids is 1. The smallest absolute Gasteiger partial charge is 0.254 e. The molecule has 0 spiro atoms. The van der Waals surface area contributed by atoms with Crippen LogP contribution >= 0.6 is 0 Å². The first-order chi connectivity index (χ1) is 12.1. The van der Waals surface area contributed by atoms with Gasteiger partial charge in [0.2, 0.25) is 0 Å². The summed E-state index contributed by atoms with van der Waals surface area (Å²) in [5.41, 5.74) is 2.96. The van der Waals surface area contributed by atoms with Crippen molar-refractivity contribution in [3.63, 3.8) is 0 Å². The van der Waals surface area contributed by atoms with Crippen molar-refractivity contribution in [2.75, 3.05) is 27.9 Å². The van der Waals surface area contributed by atoms with Crippen LogP contribution in [0.15, 0.2) is 36.4 Å². The van der Waals surface area contributed by atoms with Crippen molar-refractivity contribution in [1.82, 2.24) is 4.90 Å². The van der Waals surface area contributed by atoms with Gasteiger partial charge >= 0.3 is 0 Å². The van der Waals surface area contributed by atoms with Gasteiger partial charge in [0.05, 0.1) is 27.4 Å². The van der Waals surface area contributed by atoms with Crippen LogP contribution in [0.1, 0.15) is 34.5 Å². The van der Waals surface area contributed by atoms with Gasteiger partial charge in [-0.1, -0.05) is 0 Å². The van der Waals surface area contributed by atoms with Crippen molar-refractivity contribution < 1.29 is 19.0 Å². The molecule has 0 fully saturated rings. The number of rotatable bonds is 4. The molecule has 1 aliphatic heterocycles. The summed E-state index contributed by atoms with van der Waals surface area (Å²) in [5, 5.41) is 0. The number of ether oxygens (including phenoxy) is 3. The quantitative estimate of drug-likeness (QED) is 0.854. The van der Waals surface area contributed by atoms with Gasteiger partial charge in [0.1, 0.15) is 5.75 Å². The van der Waals surface area contributed by atoms with Crippen LogP contribution in [-0.4, -0.2) is 38.7 Å². The van der Waals surface area contributed by atoms with E-state index in [1.165, 1.54) is 5.56 Å². The first kappa shape index (κ1) is 17.1. The SMILES string of the molecule is COc1ccc(C(=O)N2CCc3cc(OC)c(OC)cc3[C@H]2C)cc1. The van der Waals surface area contributed by atoms with Crippen LogP contribution in [0.5, 0.6) is 17.2 Å². The summed E-state index contributed by atoms with van der Waals surface area (Å²) in [4.78, 5) is 14.8. The van der Waals surface area contributed by atoms with Gasteiger partial charge in [0.25, 0.3) is 5.91 Å². The standard InChI is InChI=1S/C20H23NO4/c1-13-17-12-19(25-4)18(24-3)11-15(17)9-10-21(13)20(22)14-5-7-16(23-2)8-6-14/h5-8,11-13H,9-10H2,1-4H3/t13-/m1/s1. The zero-order valence-electron chi connectivity index (χ0n) is 15.0. The summed E-state index contributed by atoms with van der Waals surface area (Å²) < 4.78 is 16.0. The van der Waals surface area contributed by atoms with Gasteiger partial charge < -0.3 is 19.1 Å². The fraction of sp³-hybridized carbons (Fsp3) is 0.350. The zero-order chi connectivity index (χ0) is 18.0. The zero-order valence-corrected chi connectivity index (χ0v) is 15.0. The lowest BCUT2D eigenvalue weighted by Crippen LogP contribution is -2.38. The van der Waals surface area contributed by atoms with Crippen molar-refractivity contribution in [3.05, 3.63) is 53.1 Å². The molecule has 1 aliphatic rings. The Morgan fingerprint density at radius 3 is 2.24 bits per heavy atom. The molecule has 25 heavy (non-hydrogen) atoms. The molecule has 5 heteroatoms. The van der Waals surface area contributed by atoms with Gasteiger partial charge in [-0.05, 0) is 60.9 Å². The number of hydrogen-bond donors (Lipinski definition) is 0. The molecular weight excluding hydrogens is 318 g/mol. The van der Waals surface area contributed by atoms with Gasteiger partial charge in [-0.2, -0.15) is 0 Å². The second-order valence-corrected chi connectivity index (χ2v) is 6.06. The maximum Gasteiger partial charge on any atom is 0.254 e. The van der Waals surface area contributed by atoms with Crippen molar-refractivity contribution in [2.45, 2.75) is 19.4 Å². The minimum atomic E-state index is -0.0295. The molecule has 0 radical (unpaired) electrons. The van der Waals surface area contributed by atoms with Gasteiger partial charge in [0.15, 0.2) is 11.5 Å². The number of nitrogens with zero attached hydrogens (tertiary/aromatic N) is 1. The van der Waals surface area contributed by atoms with E-state index in [0.29, 0.717) is 17.9 Å². The van der Waals surface area contributed by atoms with E-state index in [-0.39, 0.29) is 11.9 Å². The Kier molecular flexibility index (Phi) is 4.83. The Balaban J connectivity index is 1.89. The Morgan fingerprint density at radius 2 is 1.64 bits per heavy atom. The summed E-state index contributed by atoms with van der Waals surface area (Å²) in [7, 11) is 4.87. The number of amides is 1. The molecule has 2 aromatic carbocycles. The normalized spacial score (nSPS) is 16.2. The molecule has 0 aromatic heterocycles. The third-order valence-corrected chi connectivity index (χ3v) is 4.78. The van der Waals surface area contributed by atoms with E-state index in [4.69, 9.17) is 14.2 Å². The topological polar surface area (TPSA) is 48.0 Å².